The van der Waals surface area contributed by atoms with Crippen molar-refractivity contribution in [3.8, 4) is 17.1 Å². The van der Waals surface area contributed by atoms with Crippen LogP contribution in [0.4, 0.5) is 14.5 Å². The fourth-order valence-electron chi connectivity index (χ4n) is 3.81. The monoisotopic (exact) mass is 456 g/mol. The first-order valence-corrected chi connectivity index (χ1v) is 11.3. The summed E-state index contributed by atoms with van der Waals surface area (Å²) in [6.07, 6.45) is -1.13. The molecule has 0 N–H and O–H groups in total. The second kappa shape index (κ2) is 8.82. The number of ether oxygens (including phenoxy) is 1. The summed E-state index contributed by atoms with van der Waals surface area (Å²) < 4.78 is 35.2. The smallest absolute Gasteiger partial charge is 0.247 e. The molecule has 2 heterocycles. The summed E-state index contributed by atoms with van der Waals surface area (Å²) >= 11 is 1.38. The van der Waals surface area contributed by atoms with Gasteiger partial charge in [-0.05, 0) is 37.3 Å². The highest BCUT2D eigenvalue weighted by molar-refractivity contribution is 7.99. The van der Waals surface area contributed by atoms with Gasteiger partial charge >= 0.3 is 0 Å². The number of anilines is 1. The number of hydrogen-bond acceptors (Lipinski definition) is 6. The summed E-state index contributed by atoms with van der Waals surface area (Å²) in [5.74, 6) is -1.58. The number of carbonyl (C=O) groups excluding carboxylic acids is 1. The highest BCUT2D eigenvalue weighted by Crippen LogP contribution is 2.46. The van der Waals surface area contributed by atoms with Crippen molar-refractivity contribution in [2.24, 2.45) is 0 Å². The minimum Gasteiger partial charge on any atom is -0.447 e. The van der Waals surface area contributed by atoms with Crippen molar-refractivity contribution < 1.29 is 18.3 Å². The molecule has 0 saturated carbocycles. The molecular formula is C23H22F2N4O2S. The lowest BCUT2D eigenvalue weighted by Gasteiger charge is -2.32. The normalized spacial score (nSPS) is 14.9. The Morgan fingerprint density at radius 1 is 1.19 bits per heavy atom. The summed E-state index contributed by atoms with van der Waals surface area (Å²) in [4.78, 5) is 19.0. The van der Waals surface area contributed by atoms with E-state index in [-0.39, 0.29) is 23.8 Å². The zero-order valence-corrected chi connectivity index (χ0v) is 19.0. The molecule has 3 aromatic rings. The third kappa shape index (κ3) is 3.81. The molecule has 0 bridgehead atoms. The third-order valence-corrected chi connectivity index (χ3v) is 5.85. The zero-order chi connectivity index (χ0) is 23.0. The molecule has 0 radical (unpaired) electrons. The Labute approximate surface area is 189 Å². The van der Waals surface area contributed by atoms with Crippen LogP contribution in [-0.2, 0) is 4.79 Å². The molecule has 166 valence electrons. The molecule has 1 aliphatic rings. The molecule has 1 aliphatic heterocycles. The molecule has 0 fully saturated rings. The van der Waals surface area contributed by atoms with Crippen LogP contribution in [0.15, 0.2) is 35.5 Å². The van der Waals surface area contributed by atoms with Crippen molar-refractivity contribution in [3.63, 3.8) is 0 Å². The first-order chi connectivity index (χ1) is 15.3. The Morgan fingerprint density at radius 3 is 2.69 bits per heavy atom. The molecule has 1 aromatic heterocycles. The summed E-state index contributed by atoms with van der Waals surface area (Å²) in [7, 11) is 0. The van der Waals surface area contributed by atoms with Gasteiger partial charge in [-0.15, -0.1) is 10.2 Å². The van der Waals surface area contributed by atoms with E-state index in [1.807, 2.05) is 32.9 Å². The standard InChI is InChI=1S/C23H22F2N4O2S/c1-5-17(30)29-20-13(4)10-12(3)11-15(20)19-21(26-23(28-27-19)32-6-2)31-22(29)14-8-7-9-16(24)18(14)25/h7-11,22H,5-6H2,1-4H3/t22-/m1/s1. The Balaban J connectivity index is 2.05. The van der Waals surface area contributed by atoms with Gasteiger partial charge in [-0.2, -0.15) is 4.98 Å². The Kier molecular flexibility index (Phi) is 6.10. The molecule has 6 nitrogen and oxygen atoms in total. The topological polar surface area (TPSA) is 68.2 Å². The quantitative estimate of drug-likeness (QED) is 0.491. The summed E-state index contributed by atoms with van der Waals surface area (Å²) in [5, 5.41) is 8.92. The van der Waals surface area contributed by atoms with Gasteiger partial charge in [0.15, 0.2) is 17.3 Å². The van der Waals surface area contributed by atoms with Gasteiger partial charge in [0.25, 0.3) is 0 Å². The van der Waals surface area contributed by atoms with E-state index in [1.165, 1.54) is 28.8 Å². The minimum atomic E-state index is -1.27. The SMILES string of the molecule is CCSc1nnc2c(n1)O[C@H](c1cccc(F)c1F)N(C(=O)CC)c1c(C)cc(C)cc1-2. The van der Waals surface area contributed by atoms with Crippen LogP contribution in [0.25, 0.3) is 11.3 Å². The number of fused-ring (bicyclic) bond motifs is 3. The van der Waals surface area contributed by atoms with Crippen LogP contribution in [0.5, 0.6) is 5.88 Å². The van der Waals surface area contributed by atoms with Gasteiger partial charge in [0.2, 0.25) is 23.2 Å². The Morgan fingerprint density at radius 2 is 1.97 bits per heavy atom. The van der Waals surface area contributed by atoms with Gasteiger partial charge < -0.3 is 4.74 Å². The zero-order valence-electron chi connectivity index (χ0n) is 18.1. The van der Waals surface area contributed by atoms with E-state index in [4.69, 9.17) is 4.74 Å². The maximum Gasteiger partial charge on any atom is 0.247 e. The van der Waals surface area contributed by atoms with E-state index in [0.29, 0.717) is 22.1 Å². The van der Waals surface area contributed by atoms with Crippen LogP contribution in [0.2, 0.25) is 0 Å². The second-order valence-corrected chi connectivity index (χ2v) is 8.62. The lowest BCUT2D eigenvalue weighted by Crippen LogP contribution is -2.38. The van der Waals surface area contributed by atoms with Gasteiger partial charge in [-0.25, -0.2) is 8.78 Å². The van der Waals surface area contributed by atoms with E-state index in [0.717, 1.165) is 22.9 Å². The van der Waals surface area contributed by atoms with Gasteiger partial charge in [0, 0.05) is 12.0 Å². The van der Waals surface area contributed by atoms with Crippen LogP contribution in [-0.4, -0.2) is 26.8 Å². The van der Waals surface area contributed by atoms with Crippen LogP contribution in [0, 0.1) is 25.5 Å². The van der Waals surface area contributed by atoms with E-state index in [2.05, 4.69) is 15.2 Å². The van der Waals surface area contributed by atoms with Crippen LogP contribution in [0.3, 0.4) is 0 Å². The number of amides is 1. The van der Waals surface area contributed by atoms with Gasteiger partial charge in [-0.3, -0.25) is 9.69 Å². The number of aromatic nitrogens is 3. The second-order valence-electron chi connectivity index (χ2n) is 7.39. The van der Waals surface area contributed by atoms with Crippen molar-refractivity contribution in [3.05, 3.63) is 58.7 Å². The summed E-state index contributed by atoms with van der Waals surface area (Å²) in [6, 6.07) is 7.60. The largest absolute Gasteiger partial charge is 0.447 e. The predicted octanol–water partition coefficient (Wildman–Crippen LogP) is 5.38. The maximum atomic E-state index is 14.9. The first-order valence-electron chi connectivity index (χ1n) is 10.3. The average Bonchev–Trinajstić information content (AvgIpc) is 2.90. The molecule has 1 atom stereocenters. The Bertz CT molecular complexity index is 1200. The number of nitrogens with zero attached hydrogens (tertiary/aromatic N) is 4. The van der Waals surface area contributed by atoms with Gasteiger partial charge in [0.05, 0.1) is 11.3 Å². The van der Waals surface area contributed by atoms with E-state index >= 15 is 0 Å². The molecule has 2 aromatic carbocycles. The van der Waals surface area contributed by atoms with Crippen LogP contribution >= 0.6 is 11.8 Å². The summed E-state index contributed by atoms with van der Waals surface area (Å²) in [5.41, 5.74) is 3.08. The van der Waals surface area contributed by atoms with Gasteiger partial charge in [0.1, 0.15) is 0 Å². The predicted molar refractivity (Wildman–Crippen MR) is 119 cm³/mol. The number of thioether (sulfide) groups is 1. The number of rotatable bonds is 4. The number of hydrogen-bond donors (Lipinski definition) is 0. The van der Waals surface area contributed by atoms with E-state index in [1.54, 1.807) is 6.92 Å². The van der Waals surface area contributed by atoms with Crippen molar-refractivity contribution in [2.45, 2.75) is 45.5 Å². The van der Waals surface area contributed by atoms with Gasteiger partial charge in [-0.1, -0.05) is 49.4 Å². The number of carbonyl (C=O) groups is 1. The van der Waals surface area contributed by atoms with Crippen LogP contribution < -0.4 is 9.64 Å². The fourth-order valence-corrected chi connectivity index (χ4v) is 4.32. The van der Waals surface area contributed by atoms with Crippen molar-refractivity contribution in [2.75, 3.05) is 10.7 Å². The summed E-state index contributed by atoms with van der Waals surface area (Å²) in [6.45, 7) is 7.44. The highest BCUT2D eigenvalue weighted by atomic mass is 32.2. The molecule has 0 saturated heterocycles. The maximum absolute atomic E-state index is 14.9. The molecule has 0 unspecified atom stereocenters. The first kappa shape index (κ1) is 22.1. The molecule has 32 heavy (non-hydrogen) atoms. The van der Waals surface area contributed by atoms with Crippen molar-refractivity contribution >= 4 is 23.4 Å². The lowest BCUT2D eigenvalue weighted by atomic mass is 9.99. The molecule has 1 amide bonds. The third-order valence-electron chi connectivity index (χ3n) is 5.13. The van der Waals surface area contributed by atoms with Crippen molar-refractivity contribution in [1.82, 2.24) is 15.2 Å². The molecule has 9 heteroatoms. The van der Waals surface area contributed by atoms with E-state index in [9.17, 15) is 13.6 Å². The molecular weight excluding hydrogens is 434 g/mol. The lowest BCUT2D eigenvalue weighted by molar-refractivity contribution is -0.120. The molecule has 0 aliphatic carbocycles. The minimum absolute atomic E-state index is 0.103. The number of halogens is 2. The molecule has 4 rings (SSSR count). The van der Waals surface area contributed by atoms with Crippen molar-refractivity contribution in [1.29, 1.82) is 0 Å². The van der Waals surface area contributed by atoms with Crippen LogP contribution in [0.1, 0.15) is 43.2 Å². The Hall–Kier alpha value is -3.07. The molecule has 0 spiro atoms. The number of benzene rings is 2. The number of aryl methyl sites for hydroxylation is 2. The average molecular weight is 457 g/mol. The highest BCUT2D eigenvalue weighted by Gasteiger charge is 2.38. The fraction of sp³-hybridized carbons (Fsp3) is 0.304. The van der Waals surface area contributed by atoms with E-state index < -0.39 is 17.9 Å².